The molecule has 0 spiro atoms. The van der Waals surface area contributed by atoms with Crippen LogP contribution in [0.25, 0.3) is 11.1 Å². The minimum Gasteiger partial charge on any atom is -0.354 e. The minimum atomic E-state index is -0.381. The maximum absolute atomic E-state index is 12.3. The molecule has 33 heavy (non-hydrogen) atoms. The lowest BCUT2D eigenvalue weighted by Gasteiger charge is -2.13. The van der Waals surface area contributed by atoms with E-state index >= 15 is 0 Å². The molecule has 1 aliphatic heterocycles. The predicted octanol–water partition coefficient (Wildman–Crippen LogP) is 2.89. The molecule has 0 saturated heterocycles. The Labute approximate surface area is 191 Å². The second kappa shape index (κ2) is 9.91. The van der Waals surface area contributed by atoms with Gasteiger partial charge in [0.05, 0.1) is 11.1 Å². The number of carbonyl (C=O) groups excluding carboxylic acids is 4. The van der Waals surface area contributed by atoms with Crippen LogP contribution in [0.15, 0.2) is 78.9 Å². The first-order chi connectivity index (χ1) is 16.0. The van der Waals surface area contributed by atoms with Gasteiger partial charge >= 0.3 is 0 Å². The van der Waals surface area contributed by atoms with E-state index in [0.717, 1.165) is 16.0 Å². The number of fused-ring (bicyclic) bond motifs is 1. The molecular formula is C26H23N3O4. The van der Waals surface area contributed by atoms with E-state index in [2.05, 4.69) is 10.6 Å². The zero-order valence-corrected chi connectivity index (χ0v) is 17.9. The quantitative estimate of drug-likeness (QED) is 0.415. The molecule has 0 atom stereocenters. The lowest BCUT2D eigenvalue weighted by Crippen LogP contribution is -2.37. The van der Waals surface area contributed by atoms with Crippen LogP contribution in [0.5, 0.6) is 0 Å². The number of hydrogen-bond donors (Lipinski definition) is 2. The fourth-order valence-electron chi connectivity index (χ4n) is 3.67. The van der Waals surface area contributed by atoms with Gasteiger partial charge in [-0.05, 0) is 35.4 Å². The van der Waals surface area contributed by atoms with Crippen LogP contribution < -0.4 is 10.6 Å². The first-order valence-corrected chi connectivity index (χ1v) is 10.7. The molecule has 4 rings (SSSR count). The van der Waals surface area contributed by atoms with Gasteiger partial charge in [0.2, 0.25) is 5.91 Å². The first kappa shape index (κ1) is 22.0. The minimum absolute atomic E-state index is 0.000360. The van der Waals surface area contributed by atoms with Crippen molar-refractivity contribution >= 4 is 23.6 Å². The van der Waals surface area contributed by atoms with E-state index in [1.165, 1.54) is 0 Å². The van der Waals surface area contributed by atoms with Gasteiger partial charge < -0.3 is 10.6 Å². The number of imide groups is 1. The molecule has 0 aliphatic carbocycles. The van der Waals surface area contributed by atoms with Gasteiger partial charge in [0.1, 0.15) is 0 Å². The summed E-state index contributed by atoms with van der Waals surface area (Å²) in [6, 6.07) is 23.8. The van der Waals surface area contributed by atoms with Crippen LogP contribution in [-0.4, -0.2) is 48.2 Å². The maximum Gasteiger partial charge on any atom is 0.261 e. The monoisotopic (exact) mass is 441 g/mol. The molecule has 1 heterocycles. The highest BCUT2D eigenvalue weighted by molar-refractivity contribution is 6.21. The van der Waals surface area contributed by atoms with Crippen molar-refractivity contribution in [3.63, 3.8) is 0 Å². The van der Waals surface area contributed by atoms with Crippen LogP contribution in [0, 0.1) is 0 Å². The predicted molar refractivity (Wildman–Crippen MR) is 124 cm³/mol. The zero-order valence-electron chi connectivity index (χ0n) is 17.9. The van der Waals surface area contributed by atoms with Crippen LogP contribution in [0.2, 0.25) is 0 Å². The van der Waals surface area contributed by atoms with E-state index in [1.54, 1.807) is 36.4 Å². The molecule has 0 unspecified atom stereocenters. The standard InChI is InChI=1S/C26H23N3O4/c30-23(14-17-29-25(32)21-8-4-5-9-22(21)26(29)33)27-15-16-28-24(31)20-12-10-19(11-13-20)18-6-2-1-3-7-18/h1-13H,14-17H2,(H,27,30)(H,28,31). The molecule has 0 radical (unpaired) electrons. The summed E-state index contributed by atoms with van der Waals surface area (Å²) in [4.78, 5) is 50.1. The Morgan fingerprint density at radius 1 is 0.667 bits per heavy atom. The summed E-state index contributed by atoms with van der Waals surface area (Å²) in [6.45, 7) is 0.519. The molecule has 7 heteroatoms. The highest BCUT2D eigenvalue weighted by Gasteiger charge is 2.34. The largest absolute Gasteiger partial charge is 0.354 e. The summed E-state index contributed by atoms with van der Waals surface area (Å²) in [5.74, 6) is -1.29. The van der Waals surface area contributed by atoms with E-state index in [1.807, 2.05) is 42.5 Å². The van der Waals surface area contributed by atoms with Crippen LogP contribution in [0.3, 0.4) is 0 Å². The van der Waals surface area contributed by atoms with Crippen molar-refractivity contribution in [3.8, 4) is 11.1 Å². The second-order valence-electron chi connectivity index (χ2n) is 7.61. The van der Waals surface area contributed by atoms with E-state index in [0.29, 0.717) is 16.7 Å². The van der Waals surface area contributed by atoms with Gasteiger partial charge in [-0.15, -0.1) is 0 Å². The van der Waals surface area contributed by atoms with Crippen molar-refractivity contribution in [1.82, 2.24) is 15.5 Å². The van der Waals surface area contributed by atoms with Crippen LogP contribution in [0.1, 0.15) is 37.5 Å². The molecule has 3 aromatic rings. The van der Waals surface area contributed by atoms with Crippen LogP contribution in [0.4, 0.5) is 0 Å². The number of carbonyl (C=O) groups is 4. The van der Waals surface area contributed by atoms with E-state index < -0.39 is 0 Å². The van der Waals surface area contributed by atoms with Gasteiger partial charge in [0.15, 0.2) is 0 Å². The smallest absolute Gasteiger partial charge is 0.261 e. The molecule has 166 valence electrons. The van der Waals surface area contributed by atoms with Crippen molar-refractivity contribution in [2.75, 3.05) is 19.6 Å². The fourth-order valence-corrected chi connectivity index (χ4v) is 3.67. The van der Waals surface area contributed by atoms with E-state index in [4.69, 9.17) is 0 Å². The number of amides is 4. The molecule has 4 amide bonds. The van der Waals surface area contributed by atoms with Crippen LogP contribution >= 0.6 is 0 Å². The Morgan fingerprint density at radius 3 is 1.85 bits per heavy atom. The molecule has 0 saturated carbocycles. The summed E-state index contributed by atoms with van der Waals surface area (Å²) >= 11 is 0. The number of rotatable bonds is 8. The van der Waals surface area contributed by atoms with Gasteiger partial charge in [0.25, 0.3) is 17.7 Å². The third-order valence-electron chi connectivity index (χ3n) is 5.43. The molecular weight excluding hydrogens is 418 g/mol. The molecule has 7 nitrogen and oxygen atoms in total. The van der Waals surface area contributed by atoms with Gasteiger partial charge in [-0.2, -0.15) is 0 Å². The summed E-state index contributed by atoms with van der Waals surface area (Å²) in [7, 11) is 0. The van der Waals surface area contributed by atoms with E-state index in [9.17, 15) is 19.2 Å². The molecule has 0 bridgehead atoms. The highest BCUT2D eigenvalue weighted by Crippen LogP contribution is 2.22. The number of nitrogens with one attached hydrogen (secondary N) is 2. The zero-order chi connectivity index (χ0) is 23.2. The molecule has 0 fully saturated rings. The average molecular weight is 441 g/mol. The van der Waals surface area contributed by atoms with Gasteiger partial charge in [-0.25, -0.2) is 0 Å². The summed E-state index contributed by atoms with van der Waals surface area (Å²) in [6.07, 6.45) is 0.000360. The highest BCUT2D eigenvalue weighted by atomic mass is 16.2. The number of benzene rings is 3. The Kier molecular flexibility index (Phi) is 6.59. The Morgan fingerprint density at radius 2 is 1.21 bits per heavy atom. The normalized spacial score (nSPS) is 12.4. The van der Waals surface area contributed by atoms with Gasteiger partial charge in [-0.1, -0.05) is 54.6 Å². The fraction of sp³-hybridized carbons (Fsp3) is 0.154. The van der Waals surface area contributed by atoms with Gasteiger partial charge in [0, 0.05) is 31.6 Å². The lowest BCUT2D eigenvalue weighted by atomic mass is 10.0. The van der Waals surface area contributed by atoms with Crippen molar-refractivity contribution in [2.45, 2.75) is 6.42 Å². The van der Waals surface area contributed by atoms with E-state index in [-0.39, 0.29) is 49.7 Å². The second-order valence-corrected chi connectivity index (χ2v) is 7.61. The summed E-state index contributed by atoms with van der Waals surface area (Å²) in [5.41, 5.74) is 3.36. The lowest BCUT2D eigenvalue weighted by molar-refractivity contribution is -0.121. The van der Waals surface area contributed by atoms with Gasteiger partial charge in [-0.3, -0.25) is 24.1 Å². The Balaban J connectivity index is 1.18. The number of hydrogen-bond acceptors (Lipinski definition) is 4. The Bertz CT molecular complexity index is 1150. The molecule has 1 aliphatic rings. The molecule has 3 aromatic carbocycles. The number of nitrogens with zero attached hydrogens (tertiary/aromatic N) is 1. The first-order valence-electron chi connectivity index (χ1n) is 10.7. The topological polar surface area (TPSA) is 95.6 Å². The summed E-state index contributed by atoms with van der Waals surface area (Å²) < 4.78 is 0. The van der Waals surface area contributed by atoms with Crippen molar-refractivity contribution < 1.29 is 19.2 Å². The third kappa shape index (κ3) is 4.98. The molecule has 0 aromatic heterocycles. The summed E-state index contributed by atoms with van der Waals surface area (Å²) in [5, 5.41) is 5.46. The van der Waals surface area contributed by atoms with Crippen molar-refractivity contribution in [2.24, 2.45) is 0 Å². The average Bonchev–Trinajstić information content (AvgIpc) is 3.10. The van der Waals surface area contributed by atoms with Crippen molar-refractivity contribution in [3.05, 3.63) is 95.6 Å². The van der Waals surface area contributed by atoms with Crippen molar-refractivity contribution in [1.29, 1.82) is 0 Å². The Hall–Kier alpha value is -4.26. The SMILES string of the molecule is O=C(CCN1C(=O)c2ccccc2C1=O)NCCNC(=O)c1ccc(-c2ccccc2)cc1. The maximum atomic E-state index is 12.3. The third-order valence-corrected chi connectivity index (χ3v) is 5.43. The van der Waals surface area contributed by atoms with Crippen LogP contribution in [-0.2, 0) is 4.79 Å². The molecule has 2 N–H and O–H groups in total.